The zero-order chi connectivity index (χ0) is 29.5. The third kappa shape index (κ3) is 4.49. The highest BCUT2D eigenvalue weighted by Crippen LogP contribution is 2.49. The van der Waals surface area contributed by atoms with Crippen molar-refractivity contribution >= 4 is 39.9 Å². The van der Waals surface area contributed by atoms with Crippen molar-refractivity contribution in [1.82, 2.24) is 0 Å². The zero-order valence-electron chi connectivity index (χ0n) is 23.1. The van der Waals surface area contributed by atoms with Gasteiger partial charge in [0.2, 0.25) is 5.91 Å². The lowest BCUT2D eigenvalue weighted by atomic mass is 9.90. The first kappa shape index (κ1) is 26.4. The number of fused-ring (bicyclic) bond motifs is 2. The molecule has 0 saturated carbocycles. The van der Waals surface area contributed by atoms with Crippen molar-refractivity contribution in [2.24, 2.45) is 5.92 Å². The molecule has 0 bridgehead atoms. The van der Waals surface area contributed by atoms with Gasteiger partial charge in [0, 0.05) is 5.39 Å². The van der Waals surface area contributed by atoms with Crippen LogP contribution in [0.4, 0.5) is 11.4 Å². The maximum absolute atomic E-state index is 14.2. The van der Waals surface area contributed by atoms with Gasteiger partial charge in [-0.15, -0.1) is 0 Å². The van der Waals surface area contributed by atoms with E-state index < -0.39 is 29.9 Å². The summed E-state index contributed by atoms with van der Waals surface area (Å²) in [5.74, 6) is -1.60. The summed E-state index contributed by atoms with van der Waals surface area (Å²) in [6.45, 7) is 0. The van der Waals surface area contributed by atoms with Gasteiger partial charge in [-0.25, -0.2) is 14.8 Å². The van der Waals surface area contributed by atoms with E-state index in [1.54, 1.807) is 53.6 Å². The zero-order valence-corrected chi connectivity index (χ0v) is 23.1. The summed E-state index contributed by atoms with van der Waals surface area (Å²) >= 11 is 0. The van der Waals surface area contributed by atoms with Crippen molar-refractivity contribution < 1.29 is 28.7 Å². The molecule has 0 N–H and O–H groups in total. The first-order valence-electron chi connectivity index (χ1n) is 13.9. The Kier molecular flexibility index (Phi) is 6.60. The van der Waals surface area contributed by atoms with Gasteiger partial charge in [0.15, 0.2) is 17.6 Å². The second-order valence-electron chi connectivity index (χ2n) is 10.3. The third-order valence-electron chi connectivity index (χ3n) is 7.87. The van der Waals surface area contributed by atoms with E-state index in [1.165, 1.54) is 12.0 Å². The summed E-state index contributed by atoms with van der Waals surface area (Å²) in [4.78, 5) is 48.4. The maximum atomic E-state index is 14.2. The Bertz CT molecular complexity index is 1850. The normalized spacial score (nSPS) is 19.5. The number of rotatable bonds is 6. The van der Waals surface area contributed by atoms with Gasteiger partial charge < -0.3 is 9.47 Å². The van der Waals surface area contributed by atoms with E-state index in [9.17, 15) is 14.4 Å². The number of hydroxylamine groups is 1. The van der Waals surface area contributed by atoms with Gasteiger partial charge in [-0.1, -0.05) is 78.9 Å². The van der Waals surface area contributed by atoms with Crippen molar-refractivity contribution in [2.75, 3.05) is 17.1 Å². The van der Waals surface area contributed by atoms with Gasteiger partial charge in [0.05, 0.1) is 30.1 Å². The molecule has 2 aliphatic rings. The molecule has 8 heteroatoms. The smallest absolute Gasteiger partial charge is 0.343 e. The van der Waals surface area contributed by atoms with E-state index in [0.29, 0.717) is 28.3 Å². The quantitative estimate of drug-likeness (QED) is 0.138. The minimum Gasteiger partial charge on any atom is -0.493 e. The number of nitrogens with zero attached hydrogens (tertiary/aromatic N) is 2. The number of ether oxygens (including phenoxy) is 2. The maximum Gasteiger partial charge on any atom is 0.343 e. The fourth-order valence-electron chi connectivity index (χ4n) is 5.88. The monoisotopic (exact) mass is 570 g/mol. The molecule has 2 amide bonds. The third-order valence-corrected chi connectivity index (χ3v) is 7.87. The number of hydrogen-bond acceptors (Lipinski definition) is 7. The average molecular weight is 571 g/mol. The van der Waals surface area contributed by atoms with Crippen LogP contribution in [0.1, 0.15) is 22.0 Å². The van der Waals surface area contributed by atoms with Crippen LogP contribution in [0.2, 0.25) is 0 Å². The lowest BCUT2D eigenvalue weighted by molar-refractivity contribution is -0.126. The van der Waals surface area contributed by atoms with Crippen LogP contribution in [0.15, 0.2) is 121 Å². The molecule has 5 aromatic carbocycles. The van der Waals surface area contributed by atoms with Gasteiger partial charge in [-0.3, -0.25) is 14.4 Å². The van der Waals surface area contributed by atoms with Gasteiger partial charge in [0.25, 0.3) is 5.91 Å². The summed E-state index contributed by atoms with van der Waals surface area (Å²) in [5.41, 5.74) is 2.28. The van der Waals surface area contributed by atoms with E-state index in [-0.39, 0.29) is 11.7 Å². The molecule has 8 nitrogen and oxygen atoms in total. The molecule has 0 aromatic heterocycles. The topological polar surface area (TPSA) is 85.4 Å². The van der Waals surface area contributed by atoms with Crippen molar-refractivity contribution in [2.45, 2.75) is 12.1 Å². The summed E-state index contributed by atoms with van der Waals surface area (Å²) in [7, 11) is 1.48. The van der Waals surface area contributed by atoms with Gasteiger partial charge in [-0.05, 0) is 53.4 Å². The molecule has 5 aromatic rings. The van der Waals surface area contributed by atoms with E-state index >= 15 is 0 Å². The molecule has 2 saturated heterocycles. The Morgan fingerprint density at radius 2 is 1.44 bits per heavy atom. The summed E-state index contributed by atoms with van der Waals surface area (Å²) in [5, 5.41) is 3.34. The first-order valence-corrected chi connectivity index (χ1v) is 13.9. The largest absolute Gasteiger partial charge is 0.493 e. The van der Waals surface area contributed by atoms with E-state index in [1.807, 2.05) is 72.8 Å². The molecule has 0 aliphatic carbocycles. The van der Waals surface area contributed by atoms with Crippen molar-refractivity contribution in [3.63, 3.8) is 0 Å². The standard InChI is InChI=1S/C35H26N2O6/c1-41-29-21-24(19-20-28(29)42-35(40)23-12-4-2-5-13-23)31-30-32(43-37(31)25-15-6-3-7-16-25)34(39)36(33(30)38)27-18-10-14-22-11-8-9-17-26(22)27/h2-21,30-32H,1H3/t30-,31+,32+/m0/s1. The first-order chi connectivity index (χ1) is 21.0. The van der Waals surface area contributed by atoms with Gasteiger partial charge in [-0.2, -0.15) is 0 Å². The van der Waals surface area contributed by atoms with E-state index in [0.717, 1.165) is 10.8 Å². The molecule has 43 heavy (non-hydrogen) atoms. The SMILES string of the molecule is COc1cc([C@@H]2[C@@H]3C(=O)N(c4cccc5ccccc45)C(=O)[C@@H]3ON2c2ccccc2)ccc1OC(=O)c1ccccc1. The Morgan fingerprint density at radius 1 is 0.744 bits per heavy atom. The second-order valence-corrected chi connectivity index (χ2v) is 10.3. The Hall–Kier alpha value is -5.47. The Morgan fingerprint density at radius 3 is 2.21 bits per heavy atom. The molecular weight excluding hydrogens is 544 g/mol. The molecule has 0 radical (unpaired) electrons. The molecule has 2 heterocycles. The number of carbonyl (C=O) groups excluding carboxylic acids is 3. The molecule has 3 atom stereocenters. The van der Waals surface area contributed by atoms with E-state index in [2.05, 4.69) is 0 Å². The number of para-hydroxylation sites is 1. The van der Waals surface area contributed by atoms with Crippen LogP contribution in [0, 0.1) is 5.92 Å². The fourth-order valence-corrected chi connectivity index (χ4v) is 5.88. The van der Waals surface area contributed by atoms with E-state index in [4.69, 9.17) is 14.3 Å². The summed E-state index contributed by atoms with van der Waals surface area (Å²) in [6.07, 6.45) is -1.03. The highest BCUT2D eigenvalue weighted by molar-refractivity contribution is 6.26. The molecular formula is C35H26N2O6. The lowest BCUT2D eigenvalue weighted by Crippen LogP contribution is -2.37. The number of anilines is 2. The number of imide groups is 1. The molecule has 212 valence electrons. The van der Waals surface area contributed by atoms with Crippen molar-refractivity contribution in [3.05, 3.63) is 132 Å². The number of benzene rings is 5. The second kappa shape index (κ2) is 10.7. The van der Waals surface area contributed by atoms with Crippen molar-refractivity contribution in [1.29, 1.82) is 0 Å². The van der Waals surface area contributed by atoms with Crippen LogP contribution in [-0.2, 0) is 14.4 Å². The molecule has 2 fully saturated rings. The number of carbonyl (C=O) groups is 3. The Labute approximate surface area is 247 Å². The van der Waals surface area contributed by atoms with Crippen LogP contribution >= 0.6 is 0 Å². The minimum atomic E-state index is -1.03. The highest BCUT2D eigenvalue weighted by atomic mass is 16.7. The van der Waals surface area contributed by atoms with Crippen LogP contribution in [-0.4, -0.2) is 31.0 Å². The average Bonchev–Trinajstić information content (AvgIpc) is 3.57. The molecule has 0 spiro atoms. The number of amides is 2. The predicted molar refractivity (Wildman–Crippen MR) is 161 cm³/mol. The summed E-state index contributed by atoms with van der Waals surface area (Å²) < 4.78 is 11.3. The predicted octanol–water partition coefficient (Wildman–Crippen LogP) is 6.12. The molecule has 2 aliphatic heterocycles. The van der Waals surface area contributed by atoms with Crippen LogP contribution in [0.25, 0.3) is 10.8 Å². The molecule has 0 unspecified atom stereocenters. The number of methoxy groups -OCH3 is 1. The minimum absolute atomic E-state index is 0.230. The molecule has 7 rings (SSSR count). The van der Waals surface area contributed by atoms with Gasteiger partial charge in [0.1, 0.15) is 5.92 Å². The lowest BCUT2D eigenvalue weighted by Gasteiger charge is -2.29. The number of hydrogen-bond donors (Lipinski definition) is 0. The van der Waals surface area contributed by atoms with Crippen LogP contribution < -0.4 is 19.4 Å². The highest BCUT2D eigenvalue weighted by Gasteiger charge is 2.60. The summed E-state index contributed by atoms with van der Waals surface area (Å²) in [6, 6.07) is 35.6. The fraction of sp³-hybridized carbons (Fsp3) is 0.114. The van der Waals surface area contributed by atoms with Crippen molar-refractivity contribution in [3.8, 4) is 11.5 Å². The van der Waals surface area contributed by atoms with Crippen LogP contribution in [0.5, 0.6) is 11.5 Å². The van der Waals surface area contributed by atoms with Crippen LogP contribution in [0.3, 0.4) is 0 Å². The Balaban J connectivity index is 1.28. The number of esters is 1. The van der Waals surface area contributed by atoms with Gasteiger partial charge >= 0.3 is 5.97 Å².